The second kappa shape index (κ2) is 5.75. The largest absolute Gasteiger partial charge is 0.396 e. The Morgan fingerprint density at radius 2 is 2.07 bits per heavy atom. The molecular formula is C11H21NO2S. The van der Waals surface area contributed by atoms with Crippen LogP contribution in [0.15, 0.2) is 0 Å². The second-order valence-corrected chi connectivity index (χ2v) is 5.39. The normalized spacial score (nSPS) is 22.1. The molecule has 0 aromatic heterocycles. The first-order chi connectivity index (χ1) is 7.09. The van der Waals surface area contributed by atoms with Gasteiger partial charge in [0.05, 0.1) is 11.9 Å². The molecule has 2 N–H and O–H groups in total. The predicted molar refractivity (Wildman–Crippen MR) is 64.1 cm³/mol. The van der Waals surface area contributed by atoms with E-state index in [0.717, 1.165) is 25.7 Å². The quantitative estimate of drug-likeness (QED) is 0.640. The first-order valence-corrected chi connectivity index (χ1v) is 6.18. The summed E-state index contributed by atoms with van der Waals surface area (Å²) in [5.74, 6) is -0.0447. The number of nitrogens with one attached hydrogen (secondary N) is 1. The van der Waals surface area contributed by atoms with Crippen molar-refractivity contribution in [2.45, 2.75) is 44.3 Å². The van der Waals surface area contributed by atoms with Gasteiger partial charge in [-0.15, -0.1) is 0 Å². The molecule has 0 radical (unpaired) electrons. The second-order valence-electron chi connectivity index (χ2n) is 4.61. The van der Waals surface area contributed by atoms with Crippen LogP contribution in [0.4, 0.5) is 0 Å². The van der Waals surface area contributed by atoms with Crippen LogP contribution in [0.2, 0.25) is 0 Å². The van der Waals surface area contributed by atoms with E-state index in [9.17, 15) is 9.90 Å². The highest BCUT2D eigenvalue weighted by Crippen LogP contribution is 2.35. The minimum absolute atomic E-state index is 0.0447. The van der Waals surface area contributed by atoms with Gasteiger partial charge in [0.15, 0.2) is 0 Å². The smallest absolute Gasteiger partial charge is 0.232 e. The van der Waals surface area contributed by atoms with E-state index in [1.165, 1.54) is 6.42 Å². The maximum absolute atomic E-state index is 11.4. The molecule has 0 saturated heterocycles. The Labute approximate surface area is 97.0 Å². The minimum Gasteiger partial charge on any atom is -0.396 e. The van der Waals surface area contributed by atoms with Crippen molar-refractivity contribution in [3.63, 3.8) is 0 Å². The number of carbonyl (C=O) groups is 1. The molecule has 0 bridgehead atoms. The van der Waals surface area contributed by atoms with Gasteiger partial charge in [-0.05, 0) is 19.8 Å². The van der Waals surface area contributed by atoms with E-state index in [-0.39, 0.29) is 23.2 Å². The third kappa shape index (κ3) is 3.68. The molecule has 1 unspecified atom stereocenters. The van der Waals surface area contributed by atoms with E-state index >= 15 is 0 Å². The molecule has 0 aliphatic heterocycles. The van der Waals surface area contributed by atoms with Crippen LogP contribution in [0.25, 0.3) is 0 Å². The van der Waals surface area contributed by atoms with Crippen molar-refractivity contribution >= 4 is 18.5 Å². The zero-order valence-corrected chi connectivity index (χ0v) is 10.2. The molecule has 1 saturated carbocycles. The summed E-state index contributed by atoms with van der Waals surface area (Å²) >= 11 is 4.07. The number of carbonyl (C=O) groups excluding carboxylic acids is 1. The van der Waals surface area contributed by atoms with Crippen molar-refractivity contribution in [3.05, 3.63) is 0 Å². The van der Waals surface area contributed by atoms with Crippen LogP contribution in [-0.4, -0.2) is 29.4 Å². The zero-order chi connectivity index (χ0) is 11.3. The Hall–Kier alpha value is -0.220. The fraction of sp³-hybridized carbons (Fsp3) is 0.909. The molecule has 1 amide bonds. The first-order valence-electron chi connectivity index (χ1n) is 5.66. The van der Waals surface area contributed by atoms with E-state index in [1.54, 1.807) is 6.92 Å². The van der Waals surface area contributed by atoms with Crippen molar-refractivity contribution in [3.8, 4) is 0 Å². The molecule has 0 aromatic rings. The van der Waals surface area contributed by atoms with Crippen molar-refractivity contribution in [2.75, 3.05) is 13.2 Å². The molecule has 1 aliphatic carbocycles. The lowest BCUT2D eigenvalue weighted by Gasteiger charge is -2.35. The van der Waals surface area contributed by atoms with Crippen LogP contribution < -0.4 is 5.32 Å². The highest BCUT2D eigenvalue weighted by atomic mass is 32.1. The van der Waals surface area contributed by atoms with Crippen molar-refractivity contribution in [2.24, 2.45) is 5.41 Å². The van der Waals surface area contributed by atoms with Gasteiger partial charge in [-0.1, -0.05) is 19.3 Å². The molecule has 0 heterocycles. The lowest BCUT2D eigenvalue weighted by molar-refractivity contribution is -0.121. The Morgan fingerprint density at radius 3 is 2.53 bits per heavy atom. The number of aliphatic hydroxyl groups excluding tert-OH is 1. The number of amides is 1. The van der Waals surface area contributed by atoms with Gasteiger partial charge in [0, 0.05) is 12.0 Å². The van der Waals surface area contributed by atoms with Crippen molar-refractivity contribution in [1.82, 2.24) is 5.32 Å². The third-order valence-electron chi connectivity index (χ3n) is 3.27. The van der Waals surface area contributed by atoms with Crippen LogP contribution in [-0.2, 0) is 4.79 Å². The van der Waals surface area contributed by atoms with Gasteiger partial charge in [0.1, 0.15) is 0 Å². The molecule has 88 valence electrons. The SMILES string of the molecule is CC(S)C(=O)NCC1(CO)CCCCC1. The van der Waals surface area contributed by atoms with Gasteiger partial charge in [-0.3, -0.25) is 4.79 Å². The van der Waals surface area contributed by atoms with Crippen molar-refractivity contribution < 1.29 is 9.90 Å². The van der Waals surface area contributed by atoms with Crippen LogP contribution in [0.5, 0.6) is 0 Å². The number of aliphatic hydroxyl groups is 1. The van der Waals surface area contributed by atoms with Crippen LogP contribution in [0, 0.1) is 5.41 Å². The summed E-state index contributed by atoms with van der Waals surface area (Å²) < 4.78 is 0. The maximum Gasteiger partial charge on any atom is 0.232 e. The summed E-state index contributed by atoms with van der Waals surface area (Å²) in [4.78, 5) is 11.4. The summed E-state index contributed by atoms with van der Waals surface area (Å²) in [6.07, 6.45) is 5.61. The van der Waals surface area contributed by atoms with E-state index in [4.69, 9.17) is 0 Å². The Kier molecular flexibility index (Phi) is 4.93. The van der Waals surface area contributed by atoms with Crippen LogP contribution >= 0.6 is 12.6 Å². The lowest BCUT2D eigenvalue weighted by atomic mass is 9.74. The molecule has 4 heteroatoms. The Balaban J connectivity index is 2.42. The van der Waals surface area contributed by atoms with Crippen LogP contribution in [0.1, 0.15) is 39.0 Å². The molecule has 1 aliphatic rings. The monoisotopic (exact) mass is 231 g/mol. The van der Waals surface area contributed by atoms with Gasteiger partial charge in [0.25, 0.3) is 0 Å². The topological polar surface area (TPSA) is 49.3 Å². The molecule has 0 spiro atoms. The Bertz CT molecular complexity index is 213. The minimum atomic E-state index is -0.274. The van der Waals surface area contributed by atoms with E-state index in [0.29, 0.717) is 6.54 Å². The van der Waals surface area contributed by atoms with Gasteiger partial charge >= 0.3 is 0 Å². The van der Waals surface area contributed by atoms with Gasteiger partial charge < -0.3 is 10.4 Å². The van der Waals surface area contributed by atoms with Gasteiger partial charge in [-0.2, -0.15) is 12.6 Å². The molecule has 1 fully saturated rings. The first kappa shape index (κ1) is 12.8. The predicted octanol–water partition coefficient (Wildman–Crippen LogP) is 1.36. The number of thiol groups is 1. The van der Waals surface area contributed by atoms with Crippen molar-refractivity contribution in [1.29, 1.82) is 0 Å². The average Bonchev–Trinajstić information content (AvgIpc) is 2.27. The maximum atomic E-state index is 11.4. The summed E-state index contributed by atoms with van der Waals surface area (Å²) in [5.41, 5.74) is -0.0728. The standard InChI is InChI=1S/C11H21NO2S/c1-9(15)10(14)12-7-11(8-13)5-3-2-4-6-11/h9,13,15H,2-8H2,1H3,(H,12,14). The fourth-order valence-electron chi connectivity index (χ4n) is 2.11. The molecular weight excluding hydrogens is 210 g/mol. The van der Waals surface area contributed by atoms with Gasteiger partial charge in [-0.25, -0.2) is 0 Å². The highest BCUT2D eigenvalue weighted by molar-refractivity contribution is 7.81. The fourth-order valence-corrected chi connectivity index (χ4v) is 2.21. The molecule has 0 aromatic carbocycles. The average molecular weight is 231 g/mol. The zero-order valence-electron chi connectivity index (χ0n) is 9.33. The molecule has 1 rings (SSSR count). The summed E-state index contributed by atoms with van der Waals surface area (Å²) in [6.45, 7) is 2.52. The molecule has 15 heavy (non-hydrogen) atoms. The van der Waals surface area contributed by atoms with Gasteiger partial charge in [0.2, 0.25) is 5.91 Å². The number of hydrogen-bond acceptors (Lipinski definition) is 3. The van der Waals surface area contributed by atoms with Crippen LogP contribution in [0.3, 0.4) is 0 Å². The third-order valence-corrected chi connectivity index (χ3v) is 3.50. The number of hydrogen-bond donors (Lipinski definition) is 3. The Morgan fingerprint density at radius 1 is 1.47 bits per heavy atom. The summed E-state index contributed by atoms with van der Waals surface area (Å²) in [5, 5.41) is 12.0. The van der Waals surface area contributed by atoms with E-state index in [2.05, 4.69) is 17.9 Å². The summed E-state index contributed by atoms with van der Waals surface area (Å²) in [6, 6.07) is 0. The lowest BCUT2D eigenvalue weighted by Crippen LogP contribution is -2.43. The molecule has 1 atom stereocenters. The van der Waals surface area contributed by atoms with E-state index < -0.39 is 0 Å². The molecule has 3 nitrogen and oxygen atoms in total. The number of rotatable bonds is 4. The van der Waals surface area contributed by atoms with E-state index in [1.807, 2.05) is 0 Å². The highest BCUT2D eigenvalue weighted by Gasteiger charge is 2.31. The summed E-state index contributed by atoms with van der Waals surface area (Å²) in [7, 11) is 0.